The number of fused-ring (bicyclic) bond motifs is 2. The van der Waals surface area contributed by atoms with E-state index in [-0.39, 0.29) is 0 Å². The van der Waals surface area contributed by atoms with E-state index in [1.807, 2.05) is 29.9 Å². The predicted molar refractivity (Wildman–Crippen MR) is 77.3 cm³/mol. The van der Waals surface area contributed by atoms with Crippen molar-refractivity contribution in [1.82, 2.24) is 29.3 Å². The maximum absolute atomic E-state index is 4.65. The summed E-state index contributed by atoms with van der Waals surface area (Å²) < 4.78 is 3.93. The first-order chi connectivity index (χ1) is 9.78. The summed E-state index contributed by atoms with van der Waals surface area (Å²) in [4.78, 5) is 12.6. The van der Waals surface area contributed by atoms with Crippen molar-refractivity contribution in [3.05, 3.63) is 30.5 Å². The van der Waals surface area contributed by atoms with Gasteiger partial charge in [0.15, 0.2) is 17.3 Å². The fourth-order valence-corrected chi connectivity index (χ4v) is 2.54. The van der Waals surface area contributed by atoms with Crippen molar-refractivity contribution >= 4 is 22.2 Å². The normalized spacial score (nSPS) is 11.7. The average molecular weight is 266 g/mol. The molecule has 0 saturated carbocycles. The molecule has 1 N–H and O–H groups in total. The number of benzene rings is 1. The molecule has 0 bridgehead atoms. The number of aromatic amines is 1. The molecule has 4 aromatic rings. The van der Waals surface area contributed by atoms with E-state index in [1.165, 1.54) is 0 Å². The second kappa shape index (κ2) is 3.93. The Labute approximate surface area is 115 Å². The molecule has 0 radical (unpaired) electrons. The van der Waals surface area contributed by atoms with Gasteiger partial charge < -0.3 is 9.55 Å². The molecule has 0 aliphatic heterocycles. The lowest BCUT2D eigenvalue weighted by Gasteiger charge is -1.98. The third-order valence-electron chi connectivity index (χ3n) is 3.58. The Morgan fingerprint density at radius 3 is 2.85 bits per heavy atom. The maximum Gasteiger partial charge on any atom is 0.177 e. The van der Waals surface area contributed by atoms with Crippen molar-refractivity contribution in [2.45, 2.75) is 13.5 Å². The van der Waals surface area contributed by atoms with E-state index >= 15 is 0 Å². The Kier molecular flexibility index (Phi) is 2.20. The fraction of sp³-hybridized carbons (Fsp3) is 0.214. The molecule has 4 rings (SSSR count). The number of aromatic nitrogens is 6. The van der Waals surface area contributed by atoms with Gasteiger partial charge in [-0.15, -0.1) is 0 Å². The number of H-pyrrole nitrogens is 1. The molecular weight excluding hydrogens is 252 g/mol. The summed E-state index contributed by atoms with van der Waals surface area (Å²) in [6.45, 7) is 2.85. The zero-order valence-corrected chi connectivity index (χ0v) is 11.3. The highest BCUT2D eigenvalue weighted by Crippen LogP contribution is 2.23. The number of hydrogen-bond acceptors (Lipinski definition) is 3. The van der Waals surface area contributed by atoms with Gasteiger partial charge in [0.05, 0.1) is 17.2 Å². The molecule has 0 fully saturated rings. The van der Waals surface area contributed by atoms with Crippen LogP contribution < -0.4 is 0 Å². The Bertz CT molecular complexity index is 910. The molecule has 3 aromatic heterocycles. The number of nitrogens with one attached hydrogen (secondary N) is 1. The number of nitrogens with zero attached hydrogens (tertiary/aromatic N) is 5. The van der Waals surface area contributed by atoms with Crippen LogP contribution in [0.2, 0.25) is 0 Å². The third-order valence-corrected chi connectivity index (χ3v) is 3.58. The summed E-state index contributed by atoms with van der Waals surface area (Å²) in [5.74, 6) is 1.61. The van der Waals surface area contributed by atoms with E-state index in [1.54, 1.807) is 6.20 Å². The lowest BCUT2D eigenvalue weighted by Crippen LogP contribution is -1.97. The van der Waals surface area contributed by atoms with Crippen molar-refractivity contribution in [3.63, 3.8) is 0 Å². The second-order valence-electron chi connectivity index (χ2n) is 4.77. The molecule has 3 heterocycles. The zero-order valence-electron chi connectivity index (χ0n) is 11.3. The Morgan fingerprint density at radius 2 is 2.05 bits per heavy atom. The summed E-state index contributed by atoms with van der Waals surface area (Å²) in [6, 6.07) is 8.08. The minimum absolute atomic E-state index is 0.776. The van der Waals surface area contributed by atoms with Crippen LogP contribution >= 0.6 is 0 Å². The lowest BCUT2D eigenvalue weighted by molar-refractivity contribution is 0.677. The van der Waals surface area contributed by atoms with Gasteiger partial charge in [-0.05, 0) is 19.1 Å². The van der Waals surface area contributed by atoms with Gasteiger partial charge in [0.25, 0.3) is 0 Å². The molecule has 6 heteroatoms. The van der Waals surface area contributed by atoms with E-state index in [4.69, 9.17) is 0 Å². The molecule has 0 amide bonds. The molecule has 0 saturated heterocycles. The smallest absolute Gasteiger partial charge is 0.177 e. The van der Waals surface area contributed by atoms with E-state index in [0.29, 0.717) is 0 Å². The van der Waals surface area contributed by atoms with E-state index < -0.39 is 0 Å². The molecule has 0 unspecified atom stereocenters. The molecule has 0 atom stereocenters. The highest BCUT2D eigenvalue weighted by atomic mass is 15.3. The van der Waals surface area contributed by atoms with Gasteiger partial charge in [-0.1, -0.05) is 12.1 Å². The SMILES string of the molecule is CCn1ncc2[nH]c(-c3nc4ccccc4n3C)nc21. The lowest BCUT2D eigenvalue weighted by atomic mass is 10.3. The minimum Gasteiger partial charge on any atom is -0.333 e. The van der Waals surface area contributed by atoms with Crippen molar-refractivity contribution < 1.29 is 0 Å². The van der Waals surface area contributed by atoms with Gasteiger partial charge in [0, 0.05) is 13.6 Å². The van der Waals surface area contributed by atoms with Crippen LogP contribution in [0.5, 0.6) is 0 Å². The van der Waals surface area contributed by atoms with Crippen LogP contribution in [0.15, 0.2) is 30.5 Å². The quantitative estimate of drug-likeness (QED) is 0.605. The van der Waals surface area contributed by atoms with Gasteiger partial charge >= 0.3 is 0 Å². The molecule has 1 aromatic carbocycles. The van der Waals surface area contributed by atoms with Crippen LogP contribution in [-0.2, 0) is 13.6 Å². The number of imidazole rings is 2. The highest BCUT2D eigenvalue weighted by Gasteiger charge is 2.15. The van der Waals surface area contributed by atoms with Gasteiger partial charge in [-0.25, -0.2) is 14.6 Å². The first kappa shape index (κ1) is 11.2. The highest BCUT2D eigenvalue weighted by molar-refractivity contribution is 5.81. The van der Waals surface area contributed by atoms with Crippen LogP contribution in [0.4, 0.5) is 0 Å². The van der Waals surface area contributed by atoms with Crippen molar-refractivity contribution in [2.75, 3.05) is 0 Å². The van der Waals surface area contributed by atoms with E-state index in [2.05, 4.69) is 37.6 Å². The van der Waals surface area contributed by atoms with Crippen LogP contribution in [0, 0.1) is 0 Å². The van der Waals surface area contributed by atoms with Gasteiger partial charge in [-0.2, -0.15) is 5.10 Å². The first-order valence-corrected chi connectivity index (χ1v) is 6.61. The topological polar surface area (TPSA) is 64.3 Å². The van der Waals surface area contributed by atoms with Crippen LogP contribution in [0.25, 0.3) is 33.8 Å². The van der Waals surface area contributed by atoms with E-state index in [0.717, 1.165) is 40.4 Å². The summed E-state index contributed by atoms with van der Waals surface area (Å²) in [5.41, 5.74) is 3.88. The van der Waals surface area contributed by atoms with Gasteiger partial charge in [0.2, 0.25) is 0 Å². The molecule has 6 nitrogen and oxygen atoms in total. The summed E-state index contributed by atoms with van der Waals surface area (Å²) >= 11 is 0. The van der Waals surface area contributed by atoms with Crippen LogP contribution in [-0.4, -0.2) is 29.3 Å². The standard InChI is InChI=1S/C14H14N6/c1-3-20-13-10(8-15-20)16-12(18-13)14-17-9-6-4-5-7-11(9)19(14)2/h4-8H,3H2,1-2H3,(H,16,18). The largest absolute Gasteiger partial charge is 0.333 e. The second-order valence-corrected chi connectivity index (χ2v) is 4.77. The van der Waals surface area contributed by atoms with Crippen molar-refractivity contribution in [2.24, 2.45) is 7.05 Å². The Hall–Kier alpha value is -2.63. The molecular formula is C14H14N6. The Morgan fingerprint density at radius 1 is 1.20 bits per heavy atom. The predicted octanol–water partition coefficient (Wildman–Crippen LogP) is 2.33. The average Bonchev–Trinajstić information content (AvgIpc) is 3.11. The van der Waals surface area contributed by atoms with Crippen LogP contribution in [0.1, 0.15) is 6.92 Å². The summed E-state index contributed by atoms with van der Waals surface area (Å²) in [6.07, 6.45) is 1.80. The minimum atomic E-state index is 0.776. The van der Waals surface area contributed by atoms with E-state index in [9.17, 15) is 0 Å². The van der Waals surface area contributed by atoms with Gasteiger partial charge in [-0.3, -0.25) is 0 Å². The first-order valence-electron chi connectivity index (χ1n) is 6.61. The summed E-state index contributed by atoms with van der Waals surface area (Å²) in [7, 11) is 2.00. The summed E-state index contributed by atoms with van der Waals surface area (Å²) in [5, 5.41) is 4.27. The van der Waals surface area contributed by atoms with Crippen molar-refractivity contribution in [1.29, 1.82) is 0 Å². The van der Waals surface area contributed by atoms with Crippen LogP contribution in [0.3, 0.4) is 0 Å². The fourth-order valence-electron chi connectivity index (χ4n) is 2.54. The third kappa shape index (κ3) is 1.41. The number of aryl methyl sites for hydroxylation is 2. The molecule has 0 spiro atoms. The molecule has 0 aliphatic carbocycles. The zero-order chi connectivity index (χ0) is 13.7. The maximum atomic E-state index is 4.65. The molecule has 100 valence electrons. The number of hydrogen-bond donors (Lipinski definition) is 1. The Balaban J connectivity index is 1.96. The molecule has 0 aliphatic rings. The monoisotopic (exact) mass is 266 g/mol. The molecule has 20 heavy (non-hydrogen) atoms. The van der Waals surface area contributed by atoms with Gasteiger partial charge in [0.1, 0.15) is 5.52 Å². The van der Waals surface area contributed by atoms with Crippen molar-refractivity contribution in [3.8, 4) is 11.6 Å². The number of para-hydroxylation sites is 2. The number of rotatable bonds is 2.